The minimum Gasteiger partial charge on any atom is -0.364 e. The van der Waals surface area contributed by atoms with Crippen LogP contribution < -0.4 is 10.9 Å². The highest BCUT2D eigenvalue weighted by Gasteiger charge is 1.99. The Balaban J connectivity index is 2.08. The van der Waals surface area contributed by atoms with Gasteiger partial charge in [-0.25, -0.2) is 4.98 Å². The number of nitrogens with zero attached hydrogens (tertiary/aromatic N) is 2. The van der Waals surface area contributed by atoms with Crippen LogP contribution in [0.2, 0.25) is 0 Å². The average molecular weight is 206 g/mol. The van der Waals surface area contributed by atoms with Crippen LogP contribution in [0.25, 0.3) is 0 Å². The zero-order valence-corrected chi connectivity index (χ0v) is 8.15. The SMILES string of the molecule is Cc1nc(NCc2ccon2)cc(=O)[nH]1. The first-order valence-electron chi connectivity index (χ1n) is 4.45. The Kier molecular flexibility index (Phi) is 2.49. The molecule has 0 atom stereocenters. The van der Waals surface area contributed by atoms with Gasteiger partial charge in [-0.05, 0) is 6.92 Å². The first kappa shape index (κ1) is 9.45. The maximum Gasteiger partial charge on any atom is 0.252 e. The molecule has 6 heteroatoms. The highest BCUT2D eigenvalue weighted by molar-refractivity contribution is 5.33. The standard InChI is InChI=1S/C9H10N4O2/c1-6-11-8(4-9(14)12-6)10-5-7-2-3-15-13-7/h2-4H,5H2,1H3,(H2,10,11,12,14). The van der Waals surface area contributed by atoms with Gasteiger partial charge in [0, 0.05) is 12.1 Å². The van der Waals surface area contributed by atoms with E-state index in [1.54, 1.807) is 13.0 Å². The van der Waals surface area contributed by atoms with E-state index < -0.39 is 0 Å². The van der Waals surface area contributed by atoms with Gasteiger partial charge >= 0.3 is 0 Å². The molecule has 0 spiro atoms. The maximum absolute atomic E-state index is 11.1. The zero-order valence-electron chi connectivity index (χ0n) is 8.15. The van der Waals surface area contributed by atoms with Crippen LogP contribution in [0.15, 0.2) is 27.7 Å². The molecule has 15 heavy (non-hydrogen) atoms. The molecule has 2 aromatic heterocycles. The van der Waals surface area contributed by atoms with Crippen LogP contribution in [0, 0.1) is 6.92 Å². The van der Waals surface area contributed by atoms with E-state index in [1.165, 1.54) is 12.3 Å². The number of aryl methyl sites for hydroxylation is 1. The first-order valence-corrected chi connectivity index (χ1v) is 4.45. The highest BCUT2D eigenvalue weighted by atomic mass is 16.5. The van der Waals surface area contributed by atoms with Crippen molar-refractivity contribution in [3.05, 3.63) is 40.3 Å². The number of hydrogen-bond acceptors (Lipinski definition) is 5. The molecule has 2 aromatic rings. The molecule has 0 bridgehead atoms. The number of rotatable bonds is 3. The summed E-state index contributed by atoms with van der Waals surface area (Å²) in [6.07, 6.45) is 1.49. The molecule has 2 N–H and O–H groups in total. The van der Waals surface area contributed by atoms with Gasteiger partial charge in [0.2, 0.25) is 0 Å². The molecule has 0 saturated carbocycles. The van der Waals surface area contributed by atoms with Crippen molar-refractivity contribution < 1.29 is 4.52 Å². The van der Waals surface area contributed by atoms with E-state index in [2.05, 4.69) is 25.0 Å². The Morgan fingerprint density at radius 2 is 2.47 bits per heavy atom. The third kappa shape index (κ3) is 2.43. The monoisotopic (exact) mass is 206 g/mol. The van der Waals surface area contributed by atoms with Gasteiger partial charge in [0.05, 0.1) is 6.54 Å². The number of hydrogen-bond donors (Lipinski definition) is 2. The van der Waals surface area contributed by atoms with Crippen LogP contribution in [0.4, 0.5) is 5.82 Å². The second-order valence-corrected chi connectivity index (χ2v) is 3.06. The van der Waals surface area contributed by atoms with Gasteiger partial charge < -0.3 is 14.8 Å². The van der Waals surface area contributed by atoms with Crippen molar-refractivity contribution in [3.63, 3.8) is 0 Å². The first-order chi connectivity index (χ1) is 7.24. The van der Waals surface area contributed by atoms with Crippen molar-refractivity contribution in [2.24, 2.45) is 0 Å². The van der Waals surface area contributed by atoms with Crippen molar-refractivity contribution in [2.75, 3.05) is 5.32 Å². The Morgan fingerprint density at radius 1 is 1.60 bits per heavy atom. The molecule has 6 nitrogen and oxygen atoms in total. The number of aromatic amines is 1. The minimum atomic E-state index is -0.176. The molecule has 0 aromatic carbocycles. The molecule has 2 heterocycles. The van der Waals surface area contributed by atoms with Gasteiger partial charge in [-0.15, -0.1) is 0 Å². The molecule has 0 amide bonds. The lowest BCUT2D eigenvalue weighted by atomic mass is 10.4. The van der Waals surface area contributed by atoms with E-state index in [1.807, 2.05) is 0 Å². The third-order valence-corrected chi connectivity index (χ3v) is 1.80. The van der Waals surface area contributed by atoms with Crippen molar-refractivity contribution in [2.45, 2.75) is 13.5 Å². The normalized spacial score (nSPS) is 10.2. The van der Waals surface area contributed by atoms with Gasteiger partial charge in [0.15, 0.2) is 0 Å². The summed E-state index contributed by atoms with van der Waals surface area (Å²) < 4.78 is 4.67. The Morgan fingerprint density at radius 3 is 3.13 bits per heavy atom. The quantitative estimate of drug-likeness (QED) is 0.771. The topological polar surface area (TPSA) is 83.8 Å². The summed E-state index contributed by atoms with van der Waals surface area (Å²) in [5.74, 6) is 1.10. The number of aromatic nitrogens is 3. The second-order valence-electron chi connectivity index (χ2n) is 3.06. The minimum absolute atomic E-state index is 0.176. The van der Waals surface area contributed by atoms with Crippen LogP contribution in [-0.2, 0) is 6.54 Å². The van der Waals surface area contributed by atoms with Crippen LogP contribution in [0.3, 0.4) is 0 Å². The lowest BCUT2D eigenvalue weighted by Gasteiger charge is -2.02. The molecule has 0 aliphatic rings. The lowest BCUT2D eigenvalue weighted by Crippen LogP contribution is -2.11. The predicted octanol–water partition coefficient (Wildman–Crippen LogP) is 0.678. The van der Waals surface area contributed by atoms with E-state index >= 15 is 0 Å². The summed E-state index contributed by atoms with van der Waals surface area (Å²) in [4.78, 5) is 17.8. The number of H-pyrrole nitrogens is 1. The van der Waals surface area contributed by atoms with Crippen LogP contribution in [-0.4, -0.2) is 15.1 Å². The molecule has 0 aliphatic heterocycles. The Labute approximate surface area is 85.3 Å². The molecular weight excluding hydrogens is 196 g/mol. The maximum atomic E-state index is 11.1. The molecule has 0 radical (unpaired) electrons. The fourth-order valence-electron chi connectivity index (χ4n) is 1.18. The fourth-order valence-corrected chi connectivity index (χ4v) is 1.18. The van der Waals surface area contributed by atoms with E-state index in [9.17, 15) is 4.79 Å². The average Bonchev–Trinajstić information content (AvgIpc) is 2.65. The molecule has 0 saturated heterocycles. The van der Waals surface area contributed by atoms with Crippen molar-refractivity contribution in [1.82, 2.24) is 15.1 Å². The molecule has 0 unspecified atom stereocenters. The summed E-state index contributed by atoms with van der Waals surface area (Å²) in [6, 6.07) is 3.14. The lowest BCUT2D eigenvalue weighted by molar-refractivity contribution is 0.412. The molecule has 2 rings (SSSR count). The van der Waals surface area contributed by atoms with Crippen LogP contribution in [0.1, 0.15) is 11.5 Å². The van der Waals surface area contributed by atoms with E-state index in [0.29, 0.717) is 18.2 Å². The van der Waals surface area contributed by atoms with Crippen molar-refractivity contribution >= 4 is 5.82 Å². The summed E-state index contributed by atoms with van der Waals surface area (Å²) in [6.45, 7) is 2.20. The van der Waals surface area contributed by atoms with Crippen molar-refractivity contribution in [1.29, 1.82) is 0 Å². The van der Waals surface area contributed by atoms with Gasteiger partial charge in [-0.2, -0.15) is 0 Å². The van der Waals surface area contributed by atoms with E-state index in [0.717, 1.165) is 5.69 Å². The van der Waals surface area contributed by atoms with Gasteiger partial charge in [-0.3, -0.25) is 4.79 Å². The molecule has 0 aliphatic carbocycles. The molecule has 0 fully saturated rings. The van der Waals surface area contributed by atoms with E-state index in [-0.39, 0.29) is 5.56 Å². The smallest absolute Gasteiger partial charge is 0.252 e. The van der Waals surface area contributed by atoms with Crippen molar-refractivity contribution in [3.8, 4) is 0 Å². The third-order valence-electron chi connectivity index (χ3n) is 1.80. The summed E-state index contributed by atoms with van der Waals surface area (Å²) in [5, 5.41) is 6.70. The Hall–Kier alpha value is -2.11. The van der Waals surface area contributed by atoms with Crippen LogP contribution >= 0.6 is 0 Å². The van der Waals surface area contributed by atoms with Crippen LogP contribution in [0.5, 0.6) is 0 Å². The number of nitrogens with one attached hydrogen (secondary N) is 2. The summed E-state index contributed by atoms with van der Waals surface area (Å²) in [7, 11) is 0. The summed E-state index contributed by atoms with van der Waals surface area (Å²) >= 11 is 0. The van der Waals surface area contributed by atoms with E-state index in [4.69, 9.17) is 0 Å². The number of anilines is 1. The predicted molar refractivity (Wildman–Crippen MR) is 53.4 cm³/mol. The zero-order chi connectivity index (χ0) is 10.7. The summed E-state index contributed by atoms with van der Waals surface area (Å²) in [5.41, 5.74) is 0.583. The highest BCUT2D eigenvalue weighted by Crippen LogP contribution is 2.01. The second kappa shape index (κ2) is 3.95. The Bertz CT molecular complexity index is 489. The van der Waals surface area contributed by atoms with Gasteiger partial charge in [-0.1, -0.05) is 5.16 Å². The molecule has 78 valence electrons. The van der Waals surface area contributed by atoms with Gasteiger partial charge in [0.25, 0.3) is 5.56 Å². The largest absolute Gasteiger partial charge is 0.364 e. The molecular formula is C9H10N4O2. The van der Waals surface area contributed by atoms with Gasteiger partial charge in [0.1, 0.15) is 23.6 Å². The fraction of sp³-hybridized carbons (Fsp3) is 0.222.